The van der Waals surface area contributed by atoms with Crippen LogP contribution >= 0.6 is 11.8 Å². The van der Waals surface area contributed by atoms with Crippen LogP contribution in [0, 0.1) is 5.92 Å². The molecule has 0 spiro atoms. The predicted octanol–water partition coefficient (Wildman–Crippen LogP) is -1.34. The monoisotopic (exact) mass is 420 g/mol. The molecule has 0 aliphatic heterocycles. The molecule has 5 atom stereocenters. The van der Waals surface area contributed by atoms with Crippen molar-refractivity contribution in [1.29, 1.82) is 0 Å². The first-order chi connectivity index (χ1) is 13.0. The van der Waals surface area contributed by atoms with Crippen LogP contribution in [0.1, 0.15) is 33.6 Å². The standard InChI is InChI=1S/C17H32N4O6S/c1-5-9(2)14(17(27)19-8-12(23)24)21-15(25)11(6-7-28-4)20-16(26)13(18)10(3)22/h9-11,13-14,22H,5-8,18H2,1-4H3,(H,19,27)(H,20,26)(H,21,25)(H,23,24). The molecule has 11 heteroatoms. The van der Waals surface area contributed by atoms with Crippen molar-refractivity contribution in [2.24, 2.45) is 11.7 Å². The molecule has 162 valence electrons. The Morgan fingerprint density at radius 1 is 1.07 bits per heavy atom. The molecular weight excluding hydrogens is 388 g/mol. The van der Waals surface area contributed by atoms with Crippen molar-refractivity contribution in [2.45, 2.75) is 57.8 Å². The van der Waals surface area contributed by atoms with Crippen LogP contribution < -0.4 is 21.7 Å². The second-order valence-corrected chi connectivity index (χ2v) is 7.58. The van der Waals surface area contributed by atoms with Gasteiger partial charge in [0.25, 0.3) is 0 Å². The lowest BCUT2D eigenvalue weighted by Gasteiger charge is -2.27. The summed E-state index contributed by atoms with van der Waals surface area (Å²) in [5, 5.41) is 25.5. The number of amides is 3. The number of thioether (sulfide) groups is 1. The van der Waals surface area contributed by atoms with Crippen molar-refractivity contribution in [2.75, 3.05) is 18.6 Å². The molecule has 5 unspecified atom stereocenters. The number of rotatable bonds is 13. The van der Waals surface area contributed by atoms with Gasteiger partial charge in [-0.15, -0.1) is 0 Å². The molecule has 0 rings (SSSR count). The van der Waals surface area contributed by atoms with Crippen LogP contribution in [0.2, 0.25) is 0 Å². The number of nitrogens with one attached hydrogen (secondary N) is 3. The van der Waals surface area contributed by atoms with E-state index in [1.807, 2.05) is 13.2 Å². The second-order valence-electron chi connectivity index (χ2n) is 6.59. The maximum absolute atomic E-state index is 12.7. The minimum absolute atomic E-state index is 0.255. The first-order valence-corrected chi connectivity index (χ1v) is 10.5. The minimum atomic E-state index is -1.19. The molecule has 0 bridgehead atoms. The van der Waals surface area contributed by atoms with Crippen LogP contribution in [0.5, 0.6) is 0 Å². The lowest BCUT2D eigenvalue weighted by molar-refractivity contribution is -0.139. The summed E-state index contributed by atoms with van der Waals surface area (Å²) in [6.45, 7) is 4.40. The first-order valence-electron chi connectivity index (χ1n) is 9.07. The van der Waals surface area contributed by atoms with Gasteiger partial charge in [0.15, 0.2) is 0 Å². The van der Waals surface area contributed by atoms with E-state index in [4.69, 9.17) is 10.8 Å². The zero-order valence-corrected chi connectivity index (χ0v) is 17.5. The Morgan fingerprint density at radius 3 is 2.14 bits per heavy atom. The lowest BCUT2D eigenvalue weighted by Crippen LogP contribution is -2.58. The lowest BCUT2D eigenvalue weighted by atomic mass is 9.97. The van der Waals surface area contributed by atoms with E-state index in [9.17, 15) is 24.3 Å². The molecule has 0 aromatic rings. The number of carboxylic acids is 1. The van der Waals surface area contributed by atoms with Crippen molar-refractivity contribution in [3.63, 3.8) is 0 Å². The molecule has 0 aliphatic rings. The van der Waals surface area contributed by atoms with Crippen LogP contribution in [-0.2, 0) is 19.2 Å². The molecule has 0 aromatic heterocycles. The molecule has 28 heavy (non-hydrogen) atoms. The molecule has 0 saturated carbocycles. The van der Waals surface area contributed by atoms with Crippen molar-refractivity contribution >= 4 is 35.5 Å². The number of hydrogen-bond acceptors (Lipinski definition) is 7. The normalized spacial score (nSPS) is 16.2. The van der Waals surface area contributed by atoms with E-state index < -0.39 is 54.5 Å². The number of carboxylic acid groups (broad SMARTS) is 1. The van der Waals surface area contributed by atoms with Gasteiger partial charge in [0.05, 0.1) is 6.10 Å². The Bertz CT molecular complexity index is 546. The van der Waals surface area contributed by atoms with Gasteiger partial charge in [-0.1, -0.05) is 20.3 Å². The van der Waals surface area contributed by atoms with Crippen LogP contribution in [0.3, 0.4) is 0 Å². The summed E-state index contributed by atoms with van der Waals surface area (Å²) in [5.41, 5.74) is 5.61. The topological polar surface area (TPSA) is 171 Å². The Morgan fingerprint density at radius 2 is 1.68 bits per heavy atom. The van der Waals surface area contributed by atoms with Crippen LogP contribution in [0.25, 0.3) is 0 Å². The number of carbonyl (C=O) groups is 4. The highest BCUT2D eigenvalue weighted by Crippen LogP contribution is 2.10. The molecule has 7 N–H and O–H groups in total. The number of nitrogens with two attached hydrogens (primary N) is 1. The smallest absolute Gasteiger partial charge is 0.322 e. The van der Waals surface area contributed by atoms with Crippen LogP contribution in [0.15, 0.2) is 0 Å². The quantitative estimate of drug-likeness (QED) is 0.213. The number of hydrogen-bond donors (Lipinski definition) is 6. The molecule has 0 aliphatic carbocycles. The Labute approximate surface area is 169 Å². The van der Waals surface area contributed by atoms with E-state index >= 15 is 0 Å². The van der Waals surface area contributed by atoms with Crippen molar-refractivity contribution in [3.05, 3.63) is 0 Å². The van der Waals surface area contributed by atoms with E-state index in [2.05, 4.69) is 16.0 Å². The zero-order valence-electron chi connectivity index (χ0n) is 16.7. The molecule has 0 fully saturated rings. The van der Waals surface area contributed by atoms with E-state index in [-0.39, 0.29) is 5.92 Å². The van der Waals surface area contributed by atoms with E-state index in [1.165, 1.54) is 18.7 Å². The minimum Gasteiger partial charge on any atom is -0.480 e. The summed E-state index contributed by atoms with van der Waals surface area (Å²) in [6.07, 6.45) is 1.63. The molecule has 0 radical (unpaired) electrons. The summed E-state index contributed by atoms with van der Waals surface area (Å²) in [7, 11) is 0. The van der Waals surface area contributed by atoms with Gasteiger partial charge in [0.1, 0.15) is 24.7 Å². The SMILES string of the molecule is CCC(C)C(NC(=O)C(CCSC)NC(=O)C(N)C(C)O)C(=O)NCC(=O)O. The van der Waals surface area contributed by atoms with Gasteiger partial charge in [0, 0.05) is 0 Å². The summed E-state index contributed by atoms with van der Waals surface area (Å²) in [4.78, 5) is 47.8. The highest BCUT2D eigenvalue weighted by Gasteiger charge is 2.31. The average Bonchev–Trinajstić information content (AvgIpc) is 2.65. The van der Waals surface area contributed by atoms with Gasteiger partial charge in [0.2, 0.25) is 17.7 Å². The third-order valence-corrected chi connectivity index (χ3v) is 4.92. The number of aliphatic hydroxyl groups is 1. The maximum atomic E-state index is 12.7. The number of carbonyl (C=O) groups excluding carboxylic acids is 3. The van der Waals surface area contributed by atoms with Crippen molar-refractivity contribution < 1.29 is 29.4 Å². The number of aliphatic carboxylic acids is 1. The molecule has 0 aromatic carbocycles. The van der Waals surface area contributed by atoms with Crippen molar-refractivity contribution in [3.8, 4) is 0 Å². The van der Waals surface area contributed by atoms with Gasteiger partial charge < -0.3 is 31.9 Å². The third kappa shape index (κ3) is 9.38. The van der Waals surface area contributed by atoms with E-state index in [0.717, 1.165) is 0 Å². The van der Waals surface area contributed by atoms with Gasteiger partial charge in [-0.3, -0.25) is 19.2 Å². The Kier molecular flexibility index (Phi) is 12.5. The van der Waals surface area contributed by atoms with Crippen LogP contribution in [0.4, 0.5) is 0 Å². The highest BCUT2D eigenvalue weighted by atomic mass is 32.2. The zero-order chi connectivity index (χ0) is 21.9. The summed E-state index contributed by atoms with van der Waals surface area (Å²) in [6, 6.07) is -3.08. The van der Waals surface area contributed by atoms with Crippen LogP contribution in [-0.4, -0.2) is 76.7 Å². The summed E-state index contributed by atoms with van der Waals surface area (Å²) in [5.74, 6) is -2.74. The first kappa shape index (κ1) is 26.1. The summed E-state index contributed by atoms with van der Waals surface area (Å²) < 4.78 is 0. The largest absolute Gasteiger partial charge is 0.480 e. The fraction of sp³-hybridized carbons (Fsp3) is 0.765. The fourth-order valence-corrected chi connectivity index (χ4v) is 2.69. The molecule has 0 heterocycles. The predicted molar refractivity (Wildman–Crippen MR) is 107 cm³/mol. The molecule has 10 nitrogen and oxygen atoms in total. The van der Waals surface area contributed by atoms with Gasteiger partial charge >= 0.3 is 5.97 Å². The fourth-order valence-electron chi connectivity index (χ4n) is 2.22. The number of aliphatic hydroxyl groups excluding tert-OH is 1. The maximum Gasteiger partial charge on any atom is 0.322 e. The third-order valence-electron chi connectivity index (χ3n) is 4.27. The molecule has 3 amide bonds. The van der Waals surface area contributed by atoms with Gasteiger partial charge in [-0.25, -0.2) is 0 Å². The summed E-state index contributed by atoms with van der Waals surface area (Å²) >= 11 is 1.48. The highest BCUT2D eigenvalue weighted by molar-refractivity contribution is 7.98. The Hall–Kier alpha value is -1.85. The van der Waals surface area contributed by atoms with E-state index in [0.29, 0.717) is 18.6 Å². The van der Waals surface area contributed by atoms with E-state index in [1.54, 1.807) is 6.92 Å². The Balaban J connectivity index is 5.25. The average molecular weight is 421 g/mol. The van der Waals surface area contributed by atoms with Crippen molar-refractivity contribution in [1.82, 2.24) is 16.0 Å². The second kappa shape index (κ2) is 13.3. The van der Waals surface area contributed by atoms with Gasteiger partial charge in [-0.2, -0.15) is 11.8 Å². The van der Waals surface area contributed by atoms with Gasteiger partial charge in [-0.05, 0) is 31.3 Å². The molecular formula is C17H32N4O6S. The molecule has 0 saturated heterocycles.